The van der Waals surface area contributed by atoms with Crippen molar-refractivity contribution in [3.63, 3.8) is 0 Å². The summed E-state index contributed by atoms with van der Waals surface area (Å²) in [5.74, 6) is -5.81. The Morgan fingerprint density at radius 2 is 1.81 bits per heavy atom. The molecule has 2 N–H and O–H groups in total. The zero-order valence-electron chi connectivity index (χ0n) is 23.3. The molecule has 5 rings (SSSR count). The maximum atomic E-state index is 14.7. The van der Waals surface area contributed by atoms with Crippen molar-refractivity contribution in [2.24, 2.45) is 11.7 Å². The number of carbonyl (C=O) groups excluding carboxylic acids is 3. The number of halogens is 1. The van der Waals surface area contributed by atoms with Gasteiger partial charge in [0, 0.05) is 39.9 Å². The van der Waals surface area contributed by atoms with Crippen LogP contribution in [0.2, 0.25) is 0 Å². The van der Waals surface area contributed by atoms with Crippen molar-refractivity contribution in [3.05, 3.63) is 115 Å². The highest BCUT2D eigenvalue weighted by Gasteiger charge is 2.51. The van der Waals surface area contributed by atoms with Crippen molar-refractivity contribution in [2.45, 2.75) is 32.1 Å². The van der Waals surface area contributed by atoms with Gasteiger partial charge in [0.1, 0.15) is 17.6 Å². The van der Waals surface area contributed by atoms with E-state index in [0.29, 0.717) is 11.4 Å². The van der Waals surface area contributed by atoms with Crippen LogP contribution in [0.15, 0.2) is 88.7 Å². The third-order valence-corrected chi connectivity index (χ3v) is 8.49. The summed E-state index contributed by atoms with van der Waals surface area (Å²) in [7, 11) is 0. The van der Waals surface area contributed by atoms with Crippen LogP contribution in [0.1, 0.15) is 42.5 Å². The van der Waals surface area contributed by atoms with E-state index in [0.717, 1.165) is 4.88 Å². The number of non-ortho nitro benzene ring substituents is 1. The molecule has 12 heteroatoms. The van der Waals surface area contributed by atoms with Gasteiger partial charge in [-0.05, 0) is 61.5 Å². The molecule has 3 atom stereocenters. The largest absolute Gasteiger partial charge is 0.465 e. The van der Waals surface area contributed by atoms with Gasteiger partial charge in [-0.25, -0.2) is 9.18 Å². The molecular weight excluding hydrogens is 577 g/mol. The van der Waals surface area contributed by atoms with Gasteiger partial charge in [0.25, 0.3) is 5.69 Å². The molecule has 10 nitrogen and oxygen atoms in total. The minimum absolute atomic E-state index is 0.0143. The smallest absolute Gasteiger partial charge is 0.338 e. The molecule has 1 aliphatic heterocycles. The fourth-order valence-electron chi connectivity index (χ4n) is 5.75. The Balaban J connectivity index is 1.83. The average Bonchev–Trinajstić information content (AvgIpc) is 3.52. The van der Waals surface area contributed by atoms with E-state index in [9.17, 15) is 28.9 Å². The third-order valence-electron chi connectivity index (χ3n) is 7.48. The Hall–Kier alpha value is -4.84. The number of nitrogens with two attached hydrogens (primary N) is 1. The maximum absolute atomic E-state index is 14.7. The van der Waals surface area contributed by atoms with E-state index in [1.807, 2.05) is 17.5 Å². The van der Waals surface area contributed by atoms with E-state index in [1.165, 1.54) is 58.7 Å². The molecule has 222 valence electrons. The summed E-state index contributed by atoms with van der Waals surface area (Å²) >= 11 is 1.38. The van der Waals surface area contributed by atoms with Gasteiger partial charge in [-0.3, -0.25) is 24.6 Å². The molecule has 2 aliphatic rings. The highest BCUT2D eigenvalue weighted by atomic mass is 32.1. The standard InChI is InChI=1S/C31H28FN3O7S/c1-3-41-30(37)25-21(23-9-6-14-43-23)16-22-26(28(25)36)24(17-7-5-8-20(15-17)35(39)40)27(31(38)42-4-2)29(33)34(22)19-12-10-18(32)11-13-19/h5-15,21,24-25H,3-4,16,33H2,1-2H3. The molecule has 0 saturated heterocycles. The van der Waals surface area contributed by atoms with Crippen molar-refractivity contribution in [2.75, 3.05) is 18.1 Å². The number of nitro benzene ring substituents is 1. The molecule has 0 amide bonds. The number of nitrogens with zero attached hydrogens (tertiary/aromatic N) is 2. The number of esters is 2. The molecule has 2 aromatic carbocycles. The van der Waals surface area contributed by atoms with E-state index < -0.39 is 46.2 Å². The summed E-state index contributed by atoms with van der Waals surface area (Å²) in [4.78, 5) is 55.1. The van der Waals surface area contributed by atoms with Crippen LogP contribution in [-0.2, 0) is 23.9 Å². The first-order chi connectivity index (χ1) is 20.7. The van der Waals surface area contributed by atoms with Gasteiger partial charge < -0.3 is 15.2 Å². The first-order valence-corrected chi connectivity index (χ1v) is 14.5. The van der Waals surface area contributed by atoms with Gasteiger partial charge in [0.2, 0.25) is 0 Å². The predicted octanol–water partition coefficient (Wildman–Crippen LogP) is 5.32. The van der Waals surface area contributed by atoms with E-state index in [2.05, 4.69) is 0 Å². The summed E-state index contributed by atoms with van der Waals surface area (Å²) in [6.45, 7) is 3.28. The third kappa shape index (κ3) is 5.41. The number of carbonyl (C=O) groups is 3. The number of anilines is 1. The summed E-state index contributed by atoms with van der Waals surface area (Å²) in [5, 5.41) is 13.6. The highest BCUT2D eigenvalue weighted by molar-refractivity contribution is 7.10. The molecule has 0 bridgehead atoms. The maximum Gasteiger partial charge on any atom is 0.338 e. The monoisotopic (exact) mass is 605 g/mol. The number of hydrogen-bond acceptors (Lipinski definition) is 10. The van der Waals surface area contributed by atoms with Gasteiger partial charge in [0.05, 0.1) is 29.6 Å². The Bertz CT molecular complexity index is 1650. The van der Waals surface area contributed by atoms with Gasteiger partial charge in [0.15, 0.2) is 5.78 Å². The molecule has 1 aromatic heterocycles. The lowest BCUT2D eigenvalue weighted by atomic mass is 9.68. The number of nitro groups is 1. The number of hydrogen-bond donors (Lipinski definition) is 1. The molecule has 0 spiro atoms. The molecule has 0 saturated carbocycles. The summed E-state index contributed by atoms with van der Waals surface area (Å²) in [5.41, 5.74) is 7.43. The average molecular weight is 606 g/mol. The van der Waals surface area contributed by atoms with Gasteiger partial charge in [-0.2, -0.15) is 0 Å². The van der Waals surface area contributed by atoms with Crippen LogP contribution in [0.5, 0.6) is 0 Å². The second-order valence-electron chi connectivity index (χ2n) is 9.90. The van der Waals surface area contributed by atoms with E-state index in [-0.39, 0.29) is 47.9 Å². The van der Waals surface area contributed by atoms with Crippen LogP contribution in [0.25, 0.3) is 0 Å². The van der Waals surface area contributed by atoms with Crippen molar-refractivity contribution in [1.82, 2.24) is 0 Å². The lowest BCUT2D eigenvalue weighted by molar-refractivity contribution is -0.384. The predicted molar refractivity (Wildman–Crippen MR) is 156 cm³/mol. The lowest BCUT2D eigenvalue weighted by Crippen LogP contribution is -2.46. The molecule has 2 heterocycles. The van der Waals surface area contributed by atoms with Crippen LogP contribution in [0.3, 0.4) is 0 Å². The second-order valence-corrected chi connectivity index (χ2v) is 10.9. The number of thiophene rings is 1. The van der Waals surface area contributed by atoms with Crippen molar-refractivity contribution < 1.29 is 33.2 Å². The molecule has 43 heavy (non-hydrogen) atoms. The van der Waals surface area contributed by atoms with Gasteiger partial charge in [-0.15, -0.1) is 11.3 Å². The first kappa shape index (κ1) is 29.6. The van der Waals surface area contributed by atoms with E-state index in [1.54, 1.807) is 19.9 Å². The van der Waals surface area contributed by atoms with Crippen molar-refractivity contribution >= 4 is 40.4 Å². The molecule has 1 aliphatic carbocycles. The summed E-state index contributed by atoms with van der Waals surface area (Å²) in [6.07, 6.45) is 0.130. The van der Waals surface area contributed by atoms with E-state index >= 15 is 0 Å². The Morgan fingerprint density at radius 3 is 2.44 bits per heavy atom. The molecule has 3 aromatic rings. The number of allylic oxidation sites excluding steroid dienone is 2. The fraction of sp³-hybridized carbons (Fsp3) is 0.258. The zero-order valence-corrected chi connectivity index (χ0v) is 24.1. The van der Waals surface area contributed by atoms with Crippen LogP contribution in [-0.4, -0.2) is 35.9 Å². The number of ether oxygens (including phenoxy) is 2. The zero-order chi connectivity index (χ0) is 30.8. The minimum atomic E-state index is -1.25. The topological polar surface area (TPSA) is 142 Å². The van der Waals surface area contributed by atoms with Crippen molar-refractivity contribution in [1.29, 1.82) is 0 Å². The Morgan fingerprint density at radius 1 is 1.09 bits per heavy atom. The number of ketones is 1. The second kappa shape index (κ2) is 12.2. The summed E-state index contributed by atoms with van der Waals surface area (Å²) < 4.78 is 24.7. The highest BCUT2D eigenvalue weighted by Crippen LogP contribution is 2.52. The number of Topliss-reactive ketones (excluding diaryl/α,β-unsaturated/α-hetero) is 1. The van der Waals surface area contributed by atoms with Crippen LogP contribution in [0.4, 0.5) is 15.8 Å². The van der Waals surface area contributed by atoms with Crippen molar-refractivity contribution in [3.8, 4) is 0 Å². The van der Waals surface area contributed by atoms with Gasteiger partial charge in [-0.1, -0.05) is 18.2 Å². The Kier molecular flexibility index (Phi) is 8.40. The fourth-order valence-corrected chi connectivity index (χ4v) is 6.61. The van der Waals surface area contributed by atoms with Gasteiger partial charge >= 0.3 is 11.9 Å². The quantitative estimate of drug-likeness (QED) is 0.156. The first-order valence-electron chi connectivity index (χ1n) is 13.6. The van der Waals surface area contributed by atoms with Crippen LogP contribution < -0.4 is 10.6 Å². The molecule has 3 unspecified atom stereocenters. The minimum Gasteiger partial charge on any atom is -0.465 e. The van der Waals surface area contributed by atoms with Crippen LogP contribution >= 0.6 is 11.3 Å². The normalized spacial score (nSPS) is 20.1. The molecule has 0 fully saturated rings. The van der Waals surface area contributed by atoms with Crippen LogP contribution in [0, 0.1) is 21.8 Å². The molecular formula is C31H28FN3O7S. The SMILES string of the molecule is CCOC(=O)C1=C(N)N(c2ccc(F)cc2)C2=C(C(=O)C(C(=O)OCC)C(c3cccs3)C2)C1c1cccc([N+](=O)[O-])c1. The Labute approximate surface area is 250 Å². The number of rotatable bonds is 8. The summed E-state index contributed by atoms with van der Waals surface area (Å²) in [6, 6.07) is 14.6. The molecule has 0 radical (unpaired) electrons. The van der Waals surface area contributed by atoms with E-state index in [4.69, 9.17) is 15.2 Å². The lowest BCUT2D eigenvalue weighted by Gasteiger charge is -2.43. The number of benzene rings is 2.